The third kappa shape index (κ3) is 4.40. The normalized spacial score (nSPS) is 11.8. The summed E-state index contributed by atoms with van der Waals surface area (Å²) in [6.07, 6.45) is 0. The summed E-state index contributed by atoms with van der Waals surface area (Å²) in [7, 11) is 0. The van der Waals surface area contributed by atoms with Crippen LogP contribution in [-0.2, 0) is 0 Å². The standard InChI is InChI=1S/C43H26N2O2S/c1-3-9-27(10-4-1)28-15-17-30(18-16-28)45(31-19-21-39-34(23-31)33-13-7-8-14-38(33)46-39)32-20-22-41-35(24-32)36-25-37-40(26-42(36)48-41)47-43(44-37)29-11-5-2-6-12-29/h1-26H. The predicted octanol–water partition coefficient (Wildman–Crippen LogP) is 12.9. The van der Waals surface area contributed by atoms with Crippen LogP contribution >= 0.6 is 11.3 Å². The number of rotatable bonds is 5. The number of oxazole rings is 1. The van der Waals surface area contributed by atoms with Crippen LogP contribution in [0.25, 0.3) is 75.8 Å². The maximum atomic E-state index is 6.22. The van der Waals surface area contributed by atoms with Crippen LogP contribution in [0, 0.1) is 0 Å². The number of aromatic nitrogens is 1. The van der Waals surface area contributed by atoms with Crippen molar-refractivity contribution < 1.29 is 8.83 Å². The van der Waals surface area contributed by atoms with Gasteiger partial charge in [0.1, 0.15) is 16.7 Å². The number of hydrogen-bond acceptors (Lipinski definition) is 5. The summed E-state index contributed by atoms with van der Waals surface area (Å²) < 4.78 is 14.8. The fourth-order valence-corrected chi connectivity index (χ4v) is 7.86. The van der Waals surface area contributed by atoms with Crippen molar-refractivity contribution >= 4 is 81.6 Å². The van der Waals surface area contributed by atoms with Crippen LogP contribution in [0.4, 0.5) is 17.1 Å². The number of benzene rings is 7. The molecule has 10 rings (SSSR count). The molecular formula is C43H26N2O2S. The molecule has 48 heavy (non-hydrogen) atoms. The Balaban J connectivity index is 1.14. The van der Waals surface area contributed by atoms with Gasteiger partial charge in [-0.3, -0.25) is 0 Å². The lowest BCUT2D eigenvalue weighted by molar-refractivity contribution is 0.620. The van der Waals surface area contributed by atoms with Crippen molar-refractivity contribution in [2.24, 2.45) is 0 Å². The highest BCUT2D eigenvalue weighted by molar-refractivity contribution is 7.25. The van der Waals surface area contributed by atoms with Crippen LogP contribution < -0.4 is 4.90 Å². The second-order valence-corrected chi connectivity index (χ2v) is 13.1. The Bertz CT molecular complexity index is 2780. The molecule has 0 unspecified atom stereocenters. The third-order valence-electron chi connectivity index (χ3n) is 9.09. The van der Waals surface area contributed by atoms with Gasteiger partial charge < -0.3 is 13.7 Å². The summed E-state index contributed by atoms with van der Waals surface area (Å²) in [5.74, 6) is 0.639. The van der Waals surface area contributed by atoms with Crippen molar-refractivity contribution in [1.82, 2.24) is 4.98 Å². The van der Waals surface area contributed by atoms with Gasteiger partial charge in [0.25, 0.3) is 0 Å². The molecule has 0 aliphatic carbocycles. The molecule has 0 saturated heterocycles. The average Bonchev–Trinajstić information content (AvgIpc) is 3.84. The summed E-state index contributed by atoms with van der Waals surface area (Å²) in [5.41, 5.74) is 10.00. The minimum absolute atomic E-state index is 0.639. The van der Waals surface area contributed by atoms with Crippen molar-refractivity contribution in [3.05, 3.63) is 158 Å². The fraction of sp³-hybridized carbons (Fsp3) is 0. The van der Waals surface area contributed by atoms with E-state index in [-0.39, 0.29) is 0 Å². The maximum absolute atomic E-state index is 6.22. The van der Waals surface area contributed by atoms with E-state index < -0.39 is 0 Å². The topological polar surface area (TPSA) is 42.4 Å². The van der Waals surface area contributed by atoms with Gasteiger partial charge in [-0.15, -0.1) is 11.3 Å². The zero-order valence-electron chi connectivity index (χ0n) is 25.6. The Morgan fingerprint density at radius 3 is 1.85 bits per heavy atom. The third-order valence-corrected chi connectivity index (χ3v) is 10.2. The molecule has 10 aromatic rings. The monoisotopic (exact) mass is 634 g/mol. The molecule has 0 atom stereocenters. The van der Waals surface area contributed by atoms with Crippen LogP contribution in [0.2, 0.25) is 0 Å². The molecule has 3 aromatic heterocycles. The zero-order valence-corrected chi connectivity index (χ0v) is 26.4. The molecular weight excluding hydrogens is 609 g/mol. The highest BCUT2D eigenvalue weighted by Crippen LogP contribution is 2.43. The Hall–Kier alpha value is -6.17. The highest BCUT2D eigenvalue weighted by Gasteiger charge is 2.18. The first kappa shape index (κ1) is 27.0. The van der Waals surface area contributed by atoms with E-state index in [0.717, 1.165) is 55.7 Å². The molecule has 5 heteroatoms. The average molecular weight is 635 g/mol. The van der Waals surface area contributed by atoms with Crippen LogP contribution in [0.5, 0.6) is 0 Å². The Kier molecular flexibility index (Phi) is 6.01. The van der Waals surface area contributed by atoms with E-state index in [4.69, 9.17) is 13.8 Å². The SMILES string of the molecule is c1ccc(-c2ccc(N(c3ccc4oc5ccccc5c4c3)c3ccc4sc5cc6oc(-c7ccccc7)nc6cc5c4c3)cc2)cc1. The van der Waals surface area contributed by atoms with E-state index in [1.165, 1.54) is 31.3 Å². The van der Waals surface area contributed by atoms with Crippen molar-refractivity contribution in [3.63, 3.8) is 0 Å². The van der Waals surface area contributed by atoms with Gasteiger partial charge in [0.2, 0.25) is 5.89 Å². The molecule has 0 N–H and O–H groups in total. The largest absolute Gasteiger partial charge is 0.456 e. The van der Waals surface area contributed by atoms with E-state index in [9.17, 15) is 0 Å². The molecule has 7 aromatic carbocycles. The van der Waals surface area contributed by atoms with Crippen molar-refractivity contribution in [2.45, 2.75) is 0 Å². The Morgan fingerprint density at radius 2 is 1.04 bits per heavy atom. The van der Waals surface area contributed by atoms with Crippen LogP contribution in [0.15, 0.2) is 167 Å². The van der Waals surface area contributed by atoms with Crippen LogP contribution in [0.1, 0.15) is 0 Å². The minimum Gasteiger partial charge on any atom is -0.456 e. The molecule has 3 heterocycles. The Morgan fingerprint density at radius 1 is 0.417 bits per heavy atom. The van der Waals surface area contributed by atoms with Crippen LogP contribution in [-0.4, -0.2) is 4.98 Å². The van der Waals surface area contributed by atoms with Gasteiger partial charge in [0.15, 0.2) is 5.58 Å². The number of fused-ring (bicyclic) bond motifs is 7. The van der Waals surface area contributed by atoms with E-state index in [0.29, 0.717) is 5.89 Å². The van der Waals surface area contributed by atoms with Gasteiger partial charge in [0, 0.05) is 59.6 Å². The van der Waals surface area contributed by atoms with E-state index >= 15 is 0 Å². The number of para-hydroxylation sites is 1. The summed E-state index contributed by atoms with van der Waals surface area (Å²) >= 11 is 1.78. The molecule has 0 fully saturated rings. The molecule has 0 bridgehead atoms. The van der Waals surface area contributed by atoms with E-state index in [1.54, 1.807) is 11.3 Å². The van der Waals surface area contributed by atoms with Crippen molar-refractivity contribution in [3.8, 4) is 22.6 Å². The summed E-state index contributed by atoms with van der Waals surface area (Å²) in [4.78, 5) is 7.21. The first-order valence-electron chi connectivity index (χ1n) is 15.9. The first-order valence-corrected chi connectivity index (χ1v) is 16.8. The number of anilines is 3. The summed E-state index contributed by atoms with van der Waals surface area (Å²) in [6.45, 7) is 0. The molecule has 0 spiro atoms. The predicted molar refractivity (Wildman–Crippen MR) is 200 cm³/mol. The number of furan rings is 1. The quantitative estimate of drug-likeness (QED) is 0.189. The summed E-state index contributed by atoms with van der Waals surface area (Å²) in [6, 6.07) is 55.2. The van der Waals surface area contributed by atoms with E-state index in [1.807, 2.05) is 42.5 Å². The lowest BCUT2D eigenvalue weighted by atomic mass is 10.0. The van der Waals surface area contributed by atoms with Gasteiger partial charge in [-0.25, -0.2) is 4.98 Å². The number of hydrogen-bond donors (Lipinski definition) is 0. The Labute approximate surface area is 279 Å². The molecule has 226 valence electrons. The number of thiophene rings is 1. The fourth-order valence-electron chi connectivity index (χ4n) is 6.76. The van der Waals surface area contributed by atoms with Crippen molar-refractivity contribution in [2.75, 3.05) is 4.90 Å². The van der Waals surface area contributed by atoms with Crippen LogP contribution in [0.3, 0.4) is 0 Å². The first-order chi connectivity index (χ1) is 23.7. The molecule has 4 nitrogen and oxygen atoms in total. The lowest BCUT2D eigenvalue weighted by Crippen LogP contribution is -2.09. The maximum Gasteiger partial charge on any atom is 0.227 e. The highest BCUT2D eigenvalue weighted by atomic mass is 32.1. The smallest absolute Gasteiger partial charge is 0.227 e. The minimum atomic E-state index is 0.639. The van der Waals surface area contributed by atoms with Gasteiger partial charge >= 0.3 is 0 Å². The zero-order chi connectivity index (χ0) is 31.6. The molecule has 0 aliphatic rings. The number of nitrogens with zero attached hydrogens (tertiary/aromatic N) is 2. The van der Waals surface area contributed by atoms with Crippen molar-refractivity contribution in [1.29, 1.82) is 0 Å². The van der Waals surface area contributed by atoms with Gasteiger partial charge in [-0.05, 0) is 83.9 Å². The van der Waals surface area contributed by atoms with Gasteiger partial charge in [-0.1, -0.05) is 78.9 Å². The summed E-state index contributed by atoms with van der Waals surface area (Å²) in [5, 5.41) is 4.57. The second kappa shape index (κ2) is 10.7. The lowest BCUT2D eigenvalue weighted by Gasteiger charge is -2.26. The molecule has 0 saturated carbocycles. The second-order valence-electron chi connectivity index (χ2n) is 12.0. The molecule has 0 radical (unpaired) electrons. The van der Waals surface area contributed by atoms with Gasteiger partial charge in [0.05, 0.1) is 0 Å². The molecule has 0 aliphatic heterocycles. The van der Waals surface area contributed by atoms with Gasteiger partial charge in [-0.2, -0.15) is 0 Å². The van der Waals surface area contributed by atoms with E-state index in [2.05, 4.69) is 120 Å². The molecule has 0 amide bonds.